The molecule has 0 saturated carbocycles. The molecule has 0 radical (unpaired) electrons. The van der Waals surface area contributed by atoms with Gasteiger partial charge in [-0.1, -0.05) is 56.0 Å². The lowest BCUT2D eigenvalue weighted by molar-refractivity contribution is -0.123. The number of hydrogen-bond acceptors (Lipinski definition) is 7. The minimum absolute atomic E-state index is 0.0465. The van der Waals surface area contributed by atoms with Gasteiger partial charge in [-0.15, -0.1) is 0 Å². The molecule has 10 heteroatoms. The molecule has 3 aromatic rings. The molecule has 2 saturated heterocycles. The number of carbonyl (C=O) groups is 1. The Labute approximate surface area is 226 Å². The Morgan fingerprint density at radius 2 is 1.89 bits per heavy atom. The van der Waals surface area contributed by atoms with Gasteiger partial charge in [-0.3, -0.25) is 9.69 Å². The Bertz CT molecular complexity index is 1460. The molecule has 2 aliphatic heterocycles. The number of carbonyl (C=O) groups excluding carboxylic acids is 1. The summed E-state index contributed by atoms with van der Waals surface area (Å²) in [4.78, 5) is 15.3. The van der Waals surface area contributed by atoms with E-state index < -0.39 is 15.9 Å². The third-order valence-electron chi connectivity index (χ3n) is 6.16. The first-order valence-electron chi connectivity index (χ1n) is 12.1. The van der Waals surface area contributed by atoms with Crippen LogP contribution >= 0.6 is 24.0 Å². The number of hydrogen-bond donors (Lipinski definition) is 0. The van der Waals surface area contributed by atoms with Gasteiger partial charge in [-0.2, -0.15) is 5.10 Å². The lowest BCUT2D eigenvalue weighted by Gasteiger charge is -2.20. The van der Waals surface area contributed by atoms with E-state index in [-0.39, 0.29) is 17.4 Å². The highest BCUT2D eigenvalue weighted by Gasteiger charge is 2.42. The molecule has 0 bridgehead atoms. The smallest absolute Gasteiger partial charge is 0.266 e. The molecule has 1 atom stereocenters. The molecular formula is C27H27N3O4S3. The van der Waals surface area contributed by atoms with Crippen molar-refractivity contribution in [3.63, 3.8) is 0 Å². The van der Waals surface area contributed by atoms with Crippen LogP contribution in [-0.4, -0.2) is 57.5 Å². The quantitative estimate of drug-likeness (QED) is 0.302. The van der Waals surface area contributed by atoms with E-state index >= 15 is 0 Å². The van der Waals surface area contributed by atoms with Crippen LogP contribution in [0.25, 0.3) is 23.0 Å². The third kappa shape index (κ3) is 5.66. The van der Waals surface area contributed by atoms with Gasteiger partial charge in [0.1, 0.15) is 10.1 Å². The van der Waals surface area contributed by atoms with Crippen molar-refractivity contribution in [2.24, 2.45) is 5.92 Å². The average Bonchev–Trinajstić information content (AvgIpc) is 3.53. The van der Waals surface area contributed by atoms with Crippen LogP contribution < -0.4 is 4.74 Å². The van der Waals surface area contributed by atoms with Crippen molar-refractivity contribution in [1.82, 2.24) is 14.7 Å². The van der Waals surface area contributed by atoms with E-state index in [1.54, 1.807) is 10.8 Å². The summed E-state index contributed by atoms with van der Waals surface area (Å²) < 4.78 is 32.0. The second kappa shape index (κ2) is 10.4. The van der Waals surface area contributed by atoms with Crippen molar-refractivity contribution >= 4 is 50.1 Å². The lowest BCUT2D eigenvalue weighted by Crippen LogP contribution is -2.39. The highest BCUT2D eigenvalue weighted by atomic mass is 32.2. The van der Waals surface area contributed by atoms with E-state index in [2.05, 4.69) is 13.8 Å². The Balaban J connectivity index is 1.49. The molecule has 2 fully saturated rings. The topological polar surface area (TPSA) is 81.5 Å². The van der Waals surface area contributed by atoms with E-state index in [1.165, 1.54) is 16.7 Å². The summed E-state index contributed by atoms with van der Waals surface area (Å²) in [6.07, 6.45) is 4.10. The summed E-state index contributed by atoms with van der Waals surface area (Å²) >= 11 is 6.69. The van der Waals surface area contributed by atoms with Crippen molar-refractivity contribution in [2.45, 2.75) is 26.3 Å². The zero-order chi connectivity index (χ0) is 26.2. The molecule has 0 N–H and O–H groups in total. The molecule has 2 aliphatic rings. The Morgan fingerprint density at radius 1 is 1.16 bits per heavy atom. The van der Waals surface area contributed by atoms with Crippen LogP contribution in [0.3, 0.4) is 0 Å². The molecular weight excluding hydrogens is 527 g/mol. The summed E-state index contributed by atoms with van der Waals surface area (Å²) in [7, 11) is -3.14. The molecule has 2 aromatic carbocycles. The number of ether oxygens (including phenoxy) is 1. The molecule has 0 spiro atoms. The van der Waals surface area contributed by atoms with Crippen LogP contribution in [0.1, 0.15) is 25.8 Å². The van der Waals surface area contributed by atoms with Crippen LogP contribution in [0, 0.1) is 5.92 Å². The molecule has 1 aromatic heterocycles. The number of aromatic nitrogens is 2. The first kappa shape index (κ1) is 25.7. The van der Waals surface area contributed by atoms with Gasteiger partial charge in [0.25, 0.3) is 5.91 Å². The molecule has 192 valence electrons. The van der Waals surface area contributed by atoms with E-state index in [0.717, 1.165) is 22.6 Å². The number of para-hydroxylation sites is 1. The molecule has 7 nitrogen and oxygen atoms in total. The Morgan fingerprint density at radius 3 is 2.54 bits per heavy atom. The zero-order valence-corrected chi connectivity index (χ0v) is 23.0. The fourth-order valence-electron chi connectivity index (χ4n) is 4.32. The van der Waals surface area contributed by atoms with Gasteiger partial charge < -0.3 is 4.74 Å². The Hall–Kier alpha value is -2.95. The van der Waals surface area contributed by atoms with Crippen LogP contribution in [0.15, 0.2) is 65.7 Å². The maximum Gasteiger partial charge on any atom is 0.266 e. The van der Waals surface area contributed by atoms with Crippen LogP contribution in [0.2, 0.25) is 0 Å². The highest BCUT2D eigenvalue weighted by molar-refractivity contribution is 8.26. The van der Waals surface area contributed by atoms with Gasteiger partial charge in [-0.25, -0.2) is 13.1 Å². The molecule has 3 heterocycles. The molecule has 5 rings (SSSR count). The molecule has 0 aliphatic carbocycles. The first-order valence-corrected chi connectivity index (χ1v) is 15.1. The fourth-order valence-corrected chi connectivity index (χ4v) is 7.41. The monoisotopic (exact) mass is 553 g/mol. The first-order chi connectivity index (χ1) is 17.7. The zero-order valence-electron chi connectivity index (χ0n) is 20.5. The predicted octanol–water partition coefficient (Wildman–Crippen LogP) is 4.96. The van der Waals surface area contributed by atoms with Crippen molar-refractivity contribution in [3.8, 4) is 22.7 Å². The van der Waals surface area contributed by atoms with Gasteiger partial charge in [-0.05, 0) is 54.8 Å². The summed E-state index contributed by atoms with van der Waals surface area (Å²) in [5, 5.41) is 4.84. The molecule has 37 heavy (non-hydrogen) atoms. The maximum atomic E-state index is 13.3. The number of thioether (sulfide) groups is 1. The minimum Gasteiger partial charge on any atom is -0.493 e. The summed E-state index contributed by atoms with van der Waals surface area (Å²) in [5.41, 5.74) is 3.26. The number of benzene rings is 2. The van der Waals surface area contributed by atoms with E-state index in [0.29, 0.717) is 33.9 Å². The largest absolute Gasteiger partial charge is 0.493 e. The average molecular weight is 554 g/mol. The van der Waals surface area contributed by atoms with Crippen molar-refractivity contribution in [2.75, 3.05) is 18.1 Å². The summed E-state index contributed by atoms with van der Waals surface area (Å²) in [6, 6.07) is 17.1. The number of sulfone groups is 1. The van der Waals surface area contributed by atoms with E-state index in [4.69, 9.17) is 22.1 Å². The van der Waals surface area contributed by atoms with Gasteiger partial charge in [0.15, 0.2) is 9.84 Å². The summed E-state index contributed by atoms with van der Waals surface area (Å²) in [5.74, 6) is 0.992. The van der Waals surface area contributed by atoms with Crippen molar-refractivity contribution < 1.29 is 17.9 Å². The second-order valence-corrected chi connectivity index (χ2v) is 13.5. The van der Waals surface area contributed by atoms with Crippen LogP contribution in [-0.2, 0) is 14.6 Å². The van der Waals surface area contributed by atoms with Gasteiger partial charge in [0.2, 0.25) is 0 Å². The number of nitrogens with zero attached hydrogens (tertiary/aromatic N) is 3. The molecule has 0 unspecified atom stereocenters. The SMILES string of the molecule is CC(C)COc1ccc(-c2nn(-c3ccccc3)cc2/C=C2\SC(=S)N([C@H]3CCS(=O)(=O)C3)C2=O)cc1. The maximum absolute atomic E-state index is 13.3. The number of thiocarbonyl (C=S) groups is 1. The minimum atomic E-state index is -3.14. The van der Waals surface area contributed by atoms with Crippen molar-refractivity contribution in [3.05, 3.63) is 71.3 Å². The lowest BCUT2D eigenvalue weighted by atomic mass is 10.1. The third-order valence-corrected chi connectivity index (χ3v) is 9.24. The van der Waals surface area contributed by atoms with E-state index in [1.807, 2.05) is 60.8 Å². The van der Waals surface area contributed by atoms with Gasteiger partial charge in [0, 0.05) is 17.3 Å². The fraction of sp³-hybridized carbons (Fsp3) is 0.296. The number of rotatable bonds is 7. The molecule has 1 amide bonds. The van der Waals surface area contributed by atoms with Crippen molar-refractivity contribution in [1.29, 1.82) is 0 Å². The predicted molar refractivity (Wildman–Crippen MR) is 151 cm³/mol. The normalized spacial score (nSPS) is 20.4. The van der Waals surface area contributed by atoms with Crippen LogP contribution in [0.5, 0.6) is 5.75 Å². The number of amides is 1. The van der Waals surface area contributed by atoms with Gasteiger partial charge in [0.05, 0.1) is 40.4 Å². The van der Waals surface area contributed by atoms with Gasteiger partial charge >= 0.3 is 0 Å². The second-order valence-electron chi connectivity index (χ2n) is 9.55. The standard InChI is InChI=1S/C27H27N3O4S3/c1-18(2)16-34-23-10-8-19(9-11-23)25-20(15-29(28-25)21-6-4-3-5-7-21)14-24-26(31)30(27(35)36-24)22-12-13-37(32,33)17-22/h3-11,14-15,18,22H,12-13,16-17H2,1-2H3/b24-14-/t22-/m0/s1. The Kier molecular flexibility index (Phi) is 7.24. The highest BCUT2D eigenvalue weighted by Crippen LogP contribution is 2.38. The van der Waals surface area contributed by atoms with Crippen LogP contribution in [0.4, 0.5) is 0 Å². The van der Waals surface area contributed by atoms with E-state index in [9.17, 15) is 13.2 Å². The summed E-state index contributed by atoms with van der Waals surface area (Å²) in [6.45, 7) is 4.84.